The first-order valence-electron chi connectivity index (χ1n) is 7.54. The normalized spacial score (nSPS) is 11.6. The first kappa shape index (κ1) is 16.4. The molecule has 1 atom stereocenters. The van der Waals surface area contributed by atoms with Crippen molar-refractivity contribution in [2.24, 2.45) is 5.73 Å². The van der Waals surface area contributed by atoms with E-state index in [2.05, 4.69) is 30.5 Å². The Hall–Kier alpha value is -3.51. The number of aromatic amines is 1. The number of rotatable bonds is 6. The van der Waals surface area contributed by atoms with Crippen LogP contribution in [0, 0.1) is 11.3 Å². The molecule has 0 saturated heterocycles. The maximum absolute atomic E-state index is 8.73. The van der Waals surface area contributed by atoms with Gasteiger partial charge < -0.3 is 15.8 Å². The Bertz CT molecular complexity index is 884. The molecule has 0 aliphatic heterocycles. The molecule has 3 heterocycles. The lowest BCUT2D eigenvalue weighted by Crippen LogP contribution is -2.22. The van der Waals surface area contributed by atoms with Crippen molar-refractivity contribution in [3.63, 3.8) is 0 Å². The minimum Gasteiger partial charge on any atom is -0.488 e. The Labute approximate surface area is 143 Å². The first-order valence-corrected chi connectivity index (χ1v) is 7.54. The molecule has 9 nitrogen and oxygen atoms in total. The number of ether oxygens (including phenoxy) is 1. The molecule has 0 aromatic carbocycles. The van der Waals surface area contributed by atoms with E-state index in [0.29, 0.717) is 23.9 Å². The molecular weight excluding hydrogens is 320 g/mol. The second-order valence-corrected chi connectivity index (χ2v) is 5.26. The molecule has 3 aromatic rings. The van der Waals surface area contributed by atoms with Gasteiger partial charge >= 0.3 is 0 Å². The van der Waals surface area contributed by atoms with Gasteiger partial charge in [-0.3, -0.25) is 10.1 Å². The number of nitrogens with zero attached hydrogens (tertiary/aromatic N) is 5. The molecule has 126 valence electrons. The van der Waals surface area contributed by atoms with E-state index in [1.807, 2.05) is 25.1 Å². The SMILES string of the molecule is C[C@@H](CN)Oc1cncc(-c2cc(Nc3cnc(C#N)cn3)n[nH]2)c1. The van der Waals surface area contributed by atoms with Crippen LogP contribution in [0.25, 0.3) is 11.3 Å². The van der Waals surface area contributed by atoms with Gasteiger partial charge in [0.05, 0.1) is 24.3 Å². The van der Waals surface area contributed by atoms with Crippen LogP contribution >= 0.6 is 0 Å². The molecule has 0 radical (unpaired) electrons. The third-order valence-electron chi connectivity index (χ3n) is 3.29. The highest BCUT2D eigenvalue weighted by Crippen LogP contribution is 2.24. The van der Waals surface area contributed by atoms with Crippen molar-refractivity contribution < 1.29 is 4.74 Å². The summed E-state index contributed by atoms with van der Waals surface area (Å²) in [6.45, 7) is 2.32. The number of pyridine rings is 1. The van der Waals surface area contributed by atoms with Crippen LogP contribution in [-0.2, 0) is 0 Å². The summed E-state index contributed by atoms with van der Waals surface area (Å²) >= 11 is 0. The van der Waals surface area contributed by atoms with Crippen LogP contribution in [0.4, 0.5) is 11.6 Å². The third-order valence-corrected chi connectivity index (χ3v) is 3.29. The van der Waals surface area contributed by atoms with Gasteiger partial charge in [-0.25, -0.2) is 9.97 Å². The predicted molar refractivity (Wildman–Crippen MR) is 91.0 cm³/mol. The zero-order valence-electron chi connectivity index (χ0n) is 13.5. The van der Waals surface area contributed by atoms with Crippen LogP contribution in [0.2, 0.25) is 0 Å². The minimum absolute atomic E-state index is 0.0917. The summed E-state index contributed by atoms with van der Waals surface area (Å²) in [5.41, 5.74) is 7.41. The molecule has 3 aromatic heterocycles. The van der Waals surface area contributed by atoms with Gasteiger partial charge in [-0.05, 0) is 13.0 Å². The van der Waals surface area contributed by atoms with E-state index in [-0.39, 0.29) is 11.8 Å². The van der Waals surface area contributed by atoms with Gasteiger partial charge in [-0.2, -0.15) is 10.4 Å². The van der Waals surface area contributed by atoms with Crippen molar-refractivity contribution >= 4 is 11.6 Å². The van der Waals surface area contributed by atoms with Gasteiger partial charge in [-0.15, -0.1) is 0 Å². The van der Waals surface area contributed by atoms with Crippen molar-refractivity contribution in [2.45, 2.75) is 13.0 Å². The highest BCUT2D eigenvalue weighted by Gasteiger charge is 2.08. The molecule has 0 amide bonds. The van der Waals surface area contributed by atoms with Gasteiger partial charge in [-0.1, -0.05) is 0 Å². The second kappa shape index (κ2) is 7.37. The van der Waals surface area contributed by atoms with E-state index in [1.54, 1.807) is 12.4 Å². The molecular formula is C16H16N8O. The topological polar surface area (TPSA) is 138 Å². The van der Waals surface area contributed by atoms with Gasteiger partial charge in [0.1, 0.15) is 23.7 Å². The third kappa shape index (κ3) is 4.07. The summed E-state index contributed by atoms with van der Waals surface area (Å²) in [6, 6.07) is 5.59. The van der Waals surface area contributed by atoms with E-state index in [9.17, 15) is 0 Å². The fourth-order valence-corrected chi connectivity index (χ4v) is 2.03. The van der Waals surface area contributed by atoms with Crippen LogP contribution in [0.5, 0.6) is 5.75 Å². The predicted octanol–water partition coefficient (Wildman–Crippen LogP) is 1.60. The molecule has 0 aliphatic carbocycles. The van der Waals surface area contributed by atoms with Gasteiger partial charge in [0.25, 0.3) is 0 Å². The van der Waals surface area contributed by atoms with E-state index in [1.165, 1.54) is 12.4 Å². The van der Waals surface area contributed by atoms with Crippen LogP contribution < -0.4 is 15.8 Å². The average molecular weight is 336 g/mol. The van der Waals surface area contributed by atoms with Crippen molar-refractivity contribution in [3.05, 3.63) is 42.6 Å². The summed E-state index contributed by atoms with van der Waals surface area (Å²) in [5, 5.41) is 18.8. The van der Waals surface area contributed by atoms with E-state index in [4.69, 9.17) is 15.7 Å². The van der Waals surface area contributed by atoms with E-state index >= 15 is 0 Å². The Balaban J connectivity index is 1.74. The Morgan fingerprint density at radius 2 is 2.12 bits per heavy atom. The van der Waals surface area contributed by atoms with Crippen LogP contribution in [-0.4, -0.2) is 37.8 Å². The van der Waals surface area contributed by atoms with Crippen molar-refractivity contribution in [1.29, 1.82) is 5.26 Å². The molecule has 0 fully saturated rings. The Morgan fingerprint density at radius 3 is 2.84 bits per heavy atom. The molecule has 0 aliphatic rings. The number of nitrogens with one attached hydrogen (secondary N) is 2. The quantitative estimate of drug-likeness (QED) is 0.617. The summed E-state index contributed by atoms with van der Waals surface area (Å²) in [5.74, 6) is 1.69. The number of aromatic nitrogens is 5. The maximum Gasteiger partial charge on any atom is 0.158 e. The highest BCUT2D eigenvalue weighted by atomic mass is 16.5. The summed E-state index contributed by atoms with van der Waals surface area (Å²) in [6.07, 6.45) is 6.11. The fourth-order valence-electron chi connectivity index (χ4n) is 2.03. The zero-order chi connectivity index (χ0) is 17.6. The molecule has 3 rings (SSSR count). The molecule has 0 spiro atoms. The molecule has 0 unspecified atom stereocenters. The number of nitriles is 1. The van der Waals surface area contributed by atoms with Crippen molar-refractivity contribution in [1.82, 2.24) is 25.1 Å². The van der Waals surface area contributed by atoms with Crippen LogP contribution in [0.3, 0.4) is 0 Å². The first-order chi connectivity index (χ1) is 12.2. The Morgan fingerprint density at radius 1 is 1.24 bits per heavy atom. The van der Waals surface area contributed by atoms with E-state index in [0.717, 1.165) is 11.3 Å². The largest absolute Gasteiger partial charge is 0.488 e. The number of hydrogen-bond acceptors (Lipinski definition) is 8. The van der Waals surface area contributed by atoms with Crippen LogP contribution in [0.1, 0.15) is 12.6 Å². The molecule has 9 heteroatoms. The average Bonchev–Trinajstić information content (AvgIpc) is 3.11. The van der Waals surface area contributed by atoms with Gasteiger partial charge in [0.15, 0.2) is 11.5 Å². The van der Waals surface area contributed by atoms with Crippen LogP contribution in [0.15, 0.2) is 36.9 Å². The Kier molecular flexibility index (Phi) is 4.82. The molecule has 4 N–H and O–H groups in total. The van der Waals surface area contributed by atoms with Crippen molar-refractivity contribution in [2.75, 3.05) is 11.9 Å². The highest BCUT2D eigenvalue weighted by molar-refractivity contribution is 5.65. The fraction of sp³-hybridized carbons (Fsp3) is 0.188. The molecule has 0 saturated carbocycles. The molecule has 0 bridgehead atoms. The van der Waals surface area contributed by atoms with E-state index < -0.39 is 0 Å². The standard InChI is InChI=1S/C16H16N8O/c1-10(4-17)25-13-2-11(6-19-8-13)14-3-15(24-23-14)22-16-9-20-12(5-18)7-21-16/h2-3,6-10H,4,17H2,1H3,(H2,21,22,23,24)/t10-/m0/s1. The number of anilines is 2. The molecule has 25 heavy (non-hydrogen) atoms. The number of hydrogen-bond donors (Lipinski definition) is 3. The number of H-pyrrole nitrogens is 1. The lowest BCUT2D eigenvalue weighted by molar-refractivity contribution is 0.229. The van der Waals surface area contributed by atoms with Gasteiger partial charge in [0, 0.05) is 24.4 Å². The maximum atomic E-state index is 8.73. The number of nitrogens with two attached hydrogens (primary N) is 1. The summed E-state index contributed by atoms with van der Waals surface area (Å²) < 4.78 is 5.67. The second-order valence-electron chi connectivity index (χ2n) is 5.26. The lowest BCUT2D eigenvalue weighted by atomic mass is 10.2. The van der Waals surface area contributed by atoms with Crippen molar-refractivity contribution in [3.8, 4) is 23.1 Å². The summed E-state index contributed by atoms with van der Waals surface area (Å²) in [7, 11) is 0. The zero-order valence-corrected chi connectivity index (χ0v) is 13.5. The minimum atomic E-state index is -0.0917. The van der Waals surface area contributed by atoms with Gasteiger partial charge in [0.2, 0.25) is 0 Å². The smallest absolute Gasteiger partial charge is 0.158 e. The lowest BCUT2D eigenvalue weighted by Gasteiger charge is -2.12. The monoisotopic (exact) mass is 336 g/mol. The summed E-state index contributed by atoms with van der Waals surface area (Å²) in [4.78, 5) is 12.2.